The maximum atomic E-state index is 9.55. The van der Waals surface area contributed by atoms with Gasteiger partial charge in [-0.25, -0.2) is 0 Å². The van der Waals surface area contributed by atoms with Crippen LogP contribution in [0.4, 0.5) is 0 Å². The molecule has 4 nitrogen and oxygen atoms in total. The van der Waals surface area contributed by atoms with Gasteiger partial charge in [0, 0.05) is 13.0 Å². The van der Waals surface area contributed by atoms with Crippen LogP contribution in [0, 0.1) is 0 Å². The molecule has 1 aromatic carbocycles. The predicted octanol–water partition coefficient (Wildman–Crippen LogP) is -0.0591. The minimum atomic E-state index is -0.689. The molecule has 0 aliphatic carbocycles. The van der Waals surface area contributed by atoms with Gasteiger partial charge >= 0.3 is 0 Å². The molecular weight excluding hydrogens is 192 g/mol. The van der Waals surface area contributed by atoms with E-state index in [1.165, 1.54) is 0 Å². The molecule has 4 heteroatoms. The lowest BCUT2D eigenvalue weighted by atomic mass is 9.99. The number of benzene rings is 1. The van der Waals surface area contributed by atoms with Gasteiger partial charge in [0.15, 0.2) is 0 Å². The van der Waals surface area contributed by atoms with Crippen molar-refractivity contribution in [3.8, 4) is 5.75 Å². The van der Waals surface area contributed by atoms with E-state index in [4.69, 9.17) is 16.2 Å². The third-order valence-corrected chi connectivity index (χ3v) is 2.75. The molecule has 0 radical (unpaired) electrons. The number of ether oxygens (including phenoxy) is 1. The van der Waals surface area contributed by atoms with Crippen molar-refractivity contribution in [2.45, 2.75) is 18.6 Å². The first-order valence-corrected chi connectivity index (χ1v) is 5.11. The Balaban J connectivity index is 2.22. The second kappa shape index (κ2) is 4.18. The Morgan fingerprint density at radius 2 is 2.27 bits per heavy atom. The minimum Gasteiger partial charge on any atom is -0.493 e. The lowest BCUT2D eigenvalue weighted by molar-refractivity contribution is 0.153. The van der Waals surface area contributed by atoms with Gasteiger partial charge in [-0.15, -0.1) is 0 Å². The van der Waals surface area contributed by atoms with Crippen LogP contribution in [0.1, 0.15) is 17.2 Å². The van der Waals surface area contributed by atoms with Crippen molar-refractivity contribution in [1.29, 1.82) is 0 Å². The molecule has 2 rings (SSSR count). The van der Waals surface area contributed by atoms with Gasteiger partial charge < -0.3 is 21.3 Å². The molecule has 2 atom stereocenters. The van der Waals surface area contributed by atoms with E-state index in [-0.39, 0.29) is 6.54 Å². The Labute approximate surface area is 88.8 Å². The van der Waals surface area contributed by atoms with Gasteiger partial charge in [-0.05, 0) is 17.2 Å². The van der Waals surface area contributed by atoms with Gasteiger partial charge in [0.1, 0.15) is 5.75 Å². The fourth-order valence-corrected chi connectivity index (χ4v) is 1.78. The molecule has 1 heterocycles. The molecule has 1 aliphatic rings. The maximum Gasteiger partial charge on any atom is 0.122 e. The van der Waals surface area contributed by atoms with Gasteiger partial charge in [-0.3, -0.25) is 0 Å². The van der Waals surface area contributed by atoms with Crippen molar-refractivity contribution in [1.82, 2.24) is 0 Å². The van der Waals surface area contributed by atoms with E-state index < -0.39 is 12.1 Å². The normalized spacial score (nSPS) is 18.1. The number of aliphatic hydroxyl groups excluding tert-OH is 1. The zero-order chi connectivity index (χ0) is 10.8. The molecular formula is C11H16N2O2. The minimum absolute atomic E-state index is 0.175. The first-order chi connectivity index (χ1) is 7.22. The topological polar surface area (TPSA) is 81.5 Å². The predicted molar refractivity (Wildman–Crippen MR) is 57.6 cm³/mol. The summed E-state index contributed by atoms with van der Waals surface area (Å²) in [5, 5.41) is 9.55. The number of fused-ring (bicyclic) bond motifs is 1. The van der Waals surface area contributed by atoms with Crippen LogP contribution in [0.15, 0.2) is 18.2 Å². The van der Waals surface area contributed by atoms with Gasteiger partial charge in [-0.1, -0.05) is 12.1 Å². The Morgan fingerprint density at radius 1 is 1.47 bits per heavy atom. The summed E-state index contributed by atoms with van der Waals surface area (Å²) in [4.78, 5) is 0. The summed E-state index contributed by atoms with van der Waals surface area (Å²) in [6.45, 7) is 0.905. The van der Waals surface area contributed by atoms with Crippen LogP contribution in [0.5, 0.6) is 5.75 Å². The molecule has 15 heavy (non-hydrogen) atoms. The van der Waals surface area contributed by atoms with E-state index in [2.05, 4.69) is 0 Å². The van der Waals surface area contributed by atoms with Crippen molar-refractivity contribution < 1.29 is 9.84 Å². The van der Waals surface area contributed by atoms with E-state index in [0.717, 1.165) is 29.9 Å². The number of rotatable bonds is 3. The summed E-state index contributed by atoms with van der Waals surface area (Å²) >= 11 is 0. The van der Waals surface area contributed by atoms with Crippen LogP contribution in [-0.4, -0.2) is 24.4 Å². The maximum absolute atomic E-state index is 9.55. The van der Waals surface area contributed by atoms with Gasteiger partial charge in [0.25, 0.3) is 0 Å². The Morgan fingerprint density at radius 3 is 3.00 bits per heavy atom. The van der Waals surface area contributed by atoms with Crippen molar-refractivity contribution in [2.24, 2.45) is 11.5 Å². The smallest absolute Gasteiger partial charge is 0.122 e. The SMILES string of the molecule is NCC(O)C(N)c1ccc2c(c1)CCO2. The van der Waals surface area contributed by atoms with E-state index in [0.29, 0.717) is 0 Å². The van der Waals surface area contributed by atoms with E-state index in [1.54, 1.807) is 0 Å². The molecule has 0 saturated carbocycles. The molecule has 1 aliphatic heterocycles. The number of hydrogen-bond donors (Lipinski definition) is 3. The molecule has 0 aromatic heterocycles. The number of nitrogens with two attached hydrogens (primary N) is 2. The highest BCUT2D eigenvalue weighted by Crippen LogP contribution is 2.28. The van der Waals surface area contributed by atoms with Crippen LogP contribution in [0.25, 0.3) is 0 Å². The van der Waals surface area contributed by atoms with E-state index in [1.807, 2.05) is 18.2 Å². The number of hydrogen-bond acceptors (Lipinski definition) is 4. The molecule has 82 valence electrons. The molecule has 1 aromatic rings. The lowest BCUT2D eigenvalue weighted by Gasteiger charge is -2.17. The van der Waals surface area contributed by atoms with E-state index in [9.17, 15) is 5.11 Å². The highest BCUT2D eigenvalue weighted by Gasteiger charge is 2.18. The second-order valence-electron chi connectivity index (χ2n) is 3.79. The molecule has 0 saturated heterocycles. The molecule has 0 fully saturated rings. The lowest BCUT2D eigenvalue weighted by Crippen LogP contribution is -2.32. The molecule has 2 unspecified atom stereocenters. The summed E-state index contributed by atoms with van der Waals surface area (Å²) in [5.41, 5.74) is 13.3. The largest absolute Gasteiger partial charge is 0.493 e. The molecule has 0 spiro atoms. The molecule has 0 bridgehead atoms. The second-order valence-corrected chi connectivity index (χ2v) is 3.79. The monoisotopic (exact) mass is 208 g/mol. The summed E-state index contributed by atoms with van der Waals surface area (Å²) < 4.78 is 5.39. The standard InChI is InChI=1S/C11H16N2O2/c12-6-9(14)11(13)8-1-2-10-7(5-8)3-4-15-10/h1-2,5,9,11,14H,3-4,6,12-13H2. The molecule has 5 N–H and O–H groups in total. The van der Waals surface area contributed by atoms with Gasteiger partial charge in [0.05, 0.1) is 18.8 Å². The van der Waals surface area contributed by atoms with Crippen molar-refractivity contribution in [3.05, 3.63) is 29.3 Å². The van der Waals surface area contributed by atoms with Crippen LogP contribution in [-0.2, 0) is 6.42 Å². The highest BCUT2D eigenvalue weighted by atomic mass is 16.5. The van der Waals surface area contributed by atoms with Gasteiger partial charge in [-0.2, -0.15) is 0 Å². The average Bonchev–Trinajstić information content (AvgIpc) is 2.73. The zero-order valence-electron chi connectivity index (χ0n) is 8.52. The summed E-state index contributed by atoms with van der Waals surface area (Å²) in [7, 11) is 0. The Hall–Kier alpha value is -1.10. The first kappa shape index (κ1) is 10.4. The highest BCUT2D eigenvalue weighted by molar-refractivity contribution is 5.40. The fourth-order valence-electron chi connectivity index (χ4n) is 1.78. The fraction of sp³-hybridized carbons (Fsp3) is 0.455. The van der Waals surface area contributed by atoms with E-state index >= 15 is 0 Å². The molecule has 0 amide bonds. The van der Waals surface area contributed by atoms with Crippen LogP contribution < -0.4 is 16.2 Å². The average molecular weight is 208 g/mol. The van der Waals surface area contributed by atoms with Gasteiger partial charge in [0.2, 0.25) is 0 Å². The Bertz CT molecular complexity index is 354. The quantitative estimate of drug-likeness (QED) is 0.650. The van der Waals surface area contributed by atoms with Crippen molar-refractivity contribution in [2.75, 3.05) is 13.2 Å². The number of aliphatic hydroxyl groups is 1. The third kappa shape index (κ3) is 1.97. The van der Waals surface area contributed by atoms with Crippen LogP contribution in [0.2, 0.25) is 0 Å². The zero-order valence-corrected chi connectivity index (χ0v) is 8.52. The summed E-state index contributed by atoms with van der Waals surface area (Å²) in [6, 6.07) is 5.36. The van der Waals surface area contributed by atoms with Crippen LogP contribution in [0.3, 0.4) is 0 Å². The first-order valence-electron chi connectivity index (χ1n) is 5.11. The van der Waals surface area contributed by atoms with Crippen LogP contribution >= 0.6 is 0 Å². The van der Waals surface area contributed by atoms with Crippen molar-refractivity contribution >= 4 is 0 Å². The summed E-state index contributed by atoms with van der Waals surface area (Å²) in [6.07, 6.45) is 0.222. The van der Waals surface area contributed by atoms with Crippen molar-refractivity contribution in [3.63, 3.8) is 0 Å². The third-order valence-electron chi connectivity index (χ3n) is 2.75. The Kier molecular flexibility index (Phi) is 2.90. The summed E-state index contributed by atoms with van der Waals surface area (Å²) in [5.74, 6) is 0.924.